The maximum absolute atomic E-state index is 9.52. The SMILES string of the molecule is CCNc1nc(-c2ccn(C)n2)c(-c2cc(Cl)c3[nH]ncc3c2)nc1C#N. The van der Waals surface area contributed by atoms with Crippen LogP contribution in [0.2, 0.25) is 5.02 Å². The molecule has 0 radical (unpaired) electrons. The second-order valence-corrected chi connectivity index (χ2v) is 6.33. The Balaban J connectivity index is 2.00. The molecule has 3 heterocycles. The minimum absolute atomic E-state index is 0.218. The van der Waals surface area contributed by atoms with Crippen molar-refractivity contribution in [3.63, 3.8) is 0 Å². The molecule has 0 saturated carbocycles. The third kappa shape index (κ3) is 2.98. The minimum atomic E-state index is 0.218. The first-order valence-electron chi connectivity index (χ1n) is 8.29. The normalized spacial score (nSPS) is 10.9. The van der Waals surface area contributed by atoms with Gasteiger partial charge in [0.15, 0.2) is 11.5 Å². The van der Waals surface area contributed by atoms with Crippen LogP contribution in [0, 0.1) is 11.3 Å². The lowest BCUT2D eigenvalue weighted by molar-refractivity contribution is 0.770. The van der Waals surface area contributed by atoms with Gasteiger partial charge in [0.05, 0.1) is 16.7 Å². The third-order valence-electron chi connectivity index (χ3n) is 4.08. The van der Waals surface area contributed by atoms with Gasteiger partial charge in [0.25, 0.3) is 0 Å². The highest BCUT2D eigenvalue weighted by molar-refractivity contribution is 6.35. The van der Waals surface area contributed by atoms with Crippen LogP contribution in [0.3, 0.4) is 0 Å². The van der Waals surface area contributed by atoms with Crippen molar-refractivity contribution in [2.75, 3.05) is 11.9 Å². The van der Waals surface area contributed by atoms with E-state index < -0.39 is 0 Å². The molecule has 0 unspecified atom stereocenters. The molecular formula is C18H15ClN8. The molecule has 134 valence electrons. The zero-order chi connectivity index (χ0) is 19.0. The molecule has 8 nitrogen and oxygen atoms in total. The van der Waals surface area contributed by atoms with Gasteiger partial charge < -0.3 is 5.32 Å². The van der Waals surface area contributed by atoms with Crippen molar-refractivity contribution in [1.82, 2.24) is 29.9 Å². The van der Waals surface area contributed by atoms with Crippen LogP contribution in [0.4, 0.5) is 5.82 Å². The van der Waals surface area contributed by atoms with Crippen LogP contribution in [0.5, 0.6) is 0 Å². The standard InChI is InChI=1S/C18H15ClN8/c1-3-21-18-14(8-20)23-16(17(24-18)13-4-5-27(2)26-13)10-6-11-9-22-25-15(11)12(19)7-10/h4-7,9H,3H2,1-2H3,(H,21,24)(H,22,25). The molecule has 0 aliphatic carbocycles. The lowest BCUT2D eigenvalue weighted by Crippen LogP contribution is -2.07. The molecule has 1 aromatic carbocycles. The van der Waals surface area contributed by atoms with Gasteiger partial charge in [-0.3, -0.25) is 9.78 Å². The summed E-state index contributed by atoms with van der Waals surface area (Å²) in [6, 6.07) is 7.66. The first kappa shape index (κ1) is 17.0. The van der Waals surface area contributed by atoms with Crippen molar-refractivity contribution in [3.8, 4) is 28.7 Å². The smallest absolute Gasteiger partial charge is 0.183 e. The van der Waals surface area contributed by atoms with Crippen LogP contribution in [-0.4, -0.2) is 36.5 Å². The second-order valence-electron chi connectivity index (χ2n) is 5.93. The number of H-pyrrole nitrogens is 1. The number of hydrogen-bond donors (Lipinski definition) is 2. The van der Waals surface area contributed by atoms with E-state index in [1.54, 1.807) is 16.9 Å². The lowest BCUT2D eigenvalue weighted by Gasteiger charge is -2.12. The molecule has 0 saturated heterocycles. The van der Waals surface area contributed by atoms with Crippen molar-refractivity contribution in [1.29, 1.82) is 5.26 Å². The first-order chi connectivity index (χ1) is 13.1. The number of rotatable bonds is 4. The number of aromatic amines is 1. The molecule has 0 atom stereocenters. The monoisotopic (exact) mass is 378 g/mol. The van der Waals surface area contributed by atoms with Crippen LogP contribution in [0.25, 0.3) is 33.5 Å². The molecule has 0 aliphatic heterocycles. The van der Waals surface area contributed by atoms with Crippen LogP contribution < -0.4 is 5.32 Å². The maximum atomic E-state index is 9.52. The highest BCUT2D eigenvalue weighted by Crippen LogP contribution is 2.34. The number of aryl methyl sites for hydroxylation is 1. The van der Waals surface area contributed by atoms with Gasteiger partial charge in [-0.25, -0.2) is 9.97 Å². The fourth-order valence-corrected chi connectivity index (χ4v) is 3.14. The van der Waals surface area contributed by atoms with Gasteiger partial charge in [-0.1, -0.05) is 11.6 Å². The van der Waals surface area contributed by atoms with Gasteiger partial charge >= 0.3 is 0 Å². The predicted molar refractivity (Wildman–Crippen MR) is 103 cm³/mol. The maximum Gasteiger partial charge on any atom is 0.183 e. The Morgan fingerprint density at radius 2 is 2.15 bits per heavy atom. The second kappa shape index (κ2) is 6.70. The average molecular weight is 379 g/mol. The molecule has 27 heavy (non-hydrogen) atoms. The van der Waals surface area contributed by atoms with Gasteiger partial charge in [0, 0.05) is 30.7 Å². The van der Waals surface area contributed by atoms with E-state index in [0.717, 1.165) is 16.5 Å². The van der Waals surface area contributed by atoms with Crippen LogP contribution in [0.15, 0.2) is 30.6 Å². The van der Waals surface area contributed by atoms with Gasteiger partial charge in [-0.2, -0.15) is 15.5 Å². The fourth-order valence-electron chi connectivity index (χ4n) is 2.88. The predicted octanol–water partition coefficient (Wildman–Crippen LogP) is 3.38. The van der Waals surface area contributed by atoms with Gasteiger partial charge in [-0.05, 0) is 25.1 Å². The van der Waals surface area contributed by atoms with Gasteiger partial charge in [-0.15, -0.1) is 0 Å². The number of nitrogens with zero attached hydrogens (tertiary/aromatic N) is 6. The Hall–Kier alpha value is -3.44. The number of nitrogens with one attached hydrogen (secondary N) is 2. The Bertz CT molecular complexity index is 1180. The molecule has 0 spiro atoms. The summed E-state index contributed by atoms with van der Waals surface area (Å²) < 4.78 is 1.69. The number of aromatic nitrogens is 6. The van der Waals surface area contributed by atoms with Crippen molar-refractivity contribution in [2.45, 2.75) is 6.92 Å². The Kier molecular flexibility index (Phi) is 4.22. The molecule has 0 bridgehead atoms. The number of halogens is 1. The number of hydrogen-bond acceptors (Lipinski definition) is 6. The fraction of sp³-hybridized carbons (Fsp3) is 0.167. The van der Waals surface area contributed by atoms with E-state index in [0.29, 0.717) is 34.5 Å². The minimum Gasteiger partial charge on any atom is -0.368 e. The van der Waals surface area contributed by atoms with E-state index in [1.807, 2.05) is 32.3 Å². The first-order valence-corrected chi connectivity index (χ1v) is 8.67. The topological polar surface area (TPSA) is 108 Å². The van der Waals surface area contributed by atoms with Crippen LogP contribution in [0.1, 0.15) is 12.6 Å². The highest BCUT2D eigenvalue weighted by Gasteiger charge is 2.19. The zero-order valence-corrected chi connectivity index (χ0v) is 15.4. The average Bonchev–Trinajstić information content (AvgIpc) is 3.30. The largest absolute Gasteiger partial charge is 0.368 e. The van der Waals surface area contributed by atoms with E-state index in [1.165, 1.54) is 0 Å². The molecule has 3 aromatic heterocycles. The summed E-state index contributed by atoms with van der Waals surface area (Å²) in [5.41, 5.74) is 3.47. The van der Waals surface area contributed by atoms with Crippen LogP contribution >= 0.6 is 11.6 Å². The Morgan fingerprint density at radius 1 is 1.30 bits per heavy atom. The Labute approximate surface area is 159 Å². The van der Waals surface area contributed by atoms with Crippen molar-refractivity contribution < 1.29 is 0 Å². The van der Waals surface area contributed by atoms with E-state index in [2.05, 4.69) is 36.7 Å². The van der Waals surface area contributed by atoms with Crippen molar-refractivity contribution in [3.05, 3.63) is 41.3 Å². The summed E-state index contributed by atoms with van der Waals surface area (Å²) in [4.78, 5) is 9.23. The van der Waals surface area contributed by atoms with E-state index in [9.17, 15) is 5.26 Å². The quantitative estimate of drug-likeness (QED) is 0.563. The highest BCUT2D eigenvalue weighted by atomic mass is 35.5. The molecule has 0 amide bonds. The molecule has 0 aliphatic rings. The third-order valence-corrected chi connectivity index (χ3v) is 4.37. The molecule has 2 N–H and O–H groups in total. The molecule has 4 aromatic rings. The van der Waals surface area contributed by atoms with Gasteiger partial charge in [0.2, 0.25) is 0 Å². The molecule has 9 heteroatoms. The van der Waals surface area contributed by atoms with Crippen molar-refractivity contribution in [2.24, 2.45) is 7.05 Å². The Morgan fingerprint density at radius 3 is 2.85 bits per heavy atom. The summed E-state index contributed by atoms with van der Waals surface area (Å²) in [7, 11) is 1.83. The summed E-state index contributed by atoms with van der Waals surface area (Å²) in [5, 5.41) is 25.3. The van der Waals surface area contributed by atoms with E-state index in [4.69, 9.17) is 11.6 Å². The lowest BCUT2D eigenvalue weighted by atomic mass is 10.1. The summed E-state index contributed by atoms with van der Waals surface area (Å²) in [5.74, 6) is 0.430. The summed E-state index contributed by atoms with van der Waals surface area (Å²) in [6.07, 6.45) is 3.52. The molecule has 0 fully saturated rings. The molecule has 4 rings (SSSR count). The number of benzene rings is 1. The number of anilines is 1. The van der Waals surface area contributed by atoms with E-state index in [-0.39, 0.29) is 5.69 Å². The number of fused-ring (bicyclic) bond motifs is 1. The summed E-state index contributed by atoms with van der Waals surface area (Å²) in [6.45, 7) is 2.56. The summed E-state index contributed by atoms with van der Waals surface area (Å²) >= 11 is 6.39. The number of nitriles is 1. The van der Waals surface area contributed by atoms with E-state index >= 15 is 0 Å². The zero-order valence-electron chi connectivity index (χ0n) is 14.7. The van der Waals surface area contributed by atoms with Crippen molar-refractivity contribution >= 4 is 28.3 Å². The van der Waals surface area contributed by atoms with Crippen LogP contribution in [-0.2, 0) is 7.05 Å². The van der Waals surface area contributed by atoms with Gasteiger partial charge in [0.1, 0.15) is 23.2 Å². The molecular weight excluding hydrogens is 364 g/mol.